The molecule has 3 heterocycles. The molecule has 0 unspecified atom stereocenters. The van der Waals surface area contributed by atoms with Crippen LogP contribution in [0.2, 0.25) is 0 Å². The van der Waals surface area contributed by atoms with Crippen molar-refractivity contribution in [3.05, 3.63) is 84.2 Å². The molecular formula is C27H30N6O. The Bertz CT molecular complexity index is 1280. The van der Waals surface area contributed by atoms with Gasteiger partial charge in [-0.05, 0) is 30.2 Å². The Labute approximate surface area is 200 Å². The largest absolute Gasteiger partial charge is 0.353 e. The minimum absolute atomic E-state index is 0.0855. The second-order valence-electron chi connectivity index (χ2n) is 8.80. The van der Waals surface area contributed by atoms with Gasteiger partial charge in [-0.3, -0.25) is 4.79 Å². The molecule has 5 rings (SSSR count). The molecule has 0 radical (unpaired) electrons. The number of benzene rings is 2. The quantitative estimate of drug-likeness (QED) is 0.446. The Morgan fingerprint density at radius 1 is 0.971 bits per heavy atom. The number of para-hydroxylation sites is 1. The van der Waals surface area contributed by atoms with E-state index in [0.29, 0.717) is 13.1 Å². The van der Waals surface area contributed by atoms with Gasteiger partial charge < -0.3 is 19.3 Å². The molecule has 7 heteroatoms. The zero-order chi connectivity index (χ0) is 23.5. The summed E-state index contributed by atoms with van der Waals surface area (Å²) in [7, 11) is 3.99. The first-order valence-corrected chi connectivity index (χ1v) is 11.8. The molecule has 0 bridgehead atoms. The fraction of sp³-hybridized carbons (Fsp3) is 0.296. The third-order valence-electron chi connectivity index (χ3n) is 6.61. The van der Waals surface area contributed by atoms with E-state index in [1.54, 1.807) is 0 Å². The molecular weight excluding hydrogens is 424 g/mol. The monoisotopic (exact) mass is 454 g/mol. The minimum Gasteiger partial charge on any atom is -0.353 e. The first kappa shape index (κ1) is 21.9. The number of piperazine rings is 1. The number of amides is 1. The topological polar surface area (TPSA) is 57.5 Å². The summed E-state index contributed by atoms with van der Waals surface area (Å²) in [5.74, 6) is 1.72. The molecule has 1 amide bonds. The van der Waals surface area contributed by atoms with Crippen molar-refractivity contribution in [1.82, 2.24) is 19.4 Å². The van der Waals surface area contributed by atoms with E-state index < -0.39 is 0 Å². The maximum Gasteiger partial charge on any atom is 0.270 e. The van der Waals surface area contributed by atoms with Crippen LogP contribution in [0.4, 0.5) is 11.8 Å². The Kier molecular flexibility index (Phi) is 6.16. The molecule has 0 saturated carbocycles. The molecule has 2 aromatic heterocycles. The van der Waals surface area contributed by atoms with Crippen molar-refractivity contribution in [3.63, 3.8) is 0 Å². The van der Waals surface area contributed by atoms with Gasteiger partial charge in [-0.15, -0.1) is 0 Å². The third kappa shape index (κ3) is 4.46. The molecule has 34 heavy (non-hydrogen) atoms. The summed E-state index contributed by atoms with van der Waals surface area (Å²) in [5, 5.41) is 1.09. The highest BCUT2D eigenvalue weighted by molar-refractivity contribution is 5.98. The summed E-state index contributed by atoms with van der Waals surface area (Å²) < 4.78 is 1.99. The SMILES string of the molecule is CN(CCc1ccccc1)c1nccc(N2CCN(C(=O)c3cc4ccccc4n3C)CC2)n1. The number of nitrogens with zero attached hydrogens (tertiary/aromatic N) is 6. The molecule has 2 aromatic carbocycles. The van der Waals surface area contributed by atoms with Crippen molar-refractivity contribution in [2.75, 3.05) is 49.6 Å². The third-order valence-corrected chi connectivity index (χ3v) is 6.61. The Hall–Kier alpha value is -3.87. The van der Waals surface area contributed by atoms with Crippen molar-refractivity contribution in [3.8, 4) is 0 Å². The first-order chi connectivity index (χ1) is 16.6. The maximum atomic E-state index is 13.2. The summed E-state index contributed by atoms with van der Waals surface area (Å²) in [6.07, 6.45) is 2.77. The van der Waals surface area contributed by atoms with E-state index in [4.69, 9.17) is 4.98 Å². The summed E-state index contributed by atoms with van der Waals surface area (Å²) in [6.45, 7) is 3.69. The Balaban J connectivity index is 1.21. The average molecular weight is 455 g/mol. The molecule has 0 spiro atoms. The highest BCUT2D eigenvalue weighted by atomic mass is 16.2. The van der Waals surface area contributed by atoms with Gasteiger partial charge in [-0.25, -0.2) is 4.98 Å². The fourth-order valence-electron chi connectivity index (χ4n) is 4.54. The van der Waals surface area contributed by atoms with Crippen LogP contribution >= 0.6 is 0 Å². The zero-order valence-corrected chi connectivity index (χ0v) is 19.8. The van der Waals surface area contributed by atoms with Gasteiger partial charge in [0.05, 0.1) is 0 Å². The van der Waals surface area contributed by atoms with Crippen molar-refractivity contribution >= 4 is 28.6 Å². The predicted molar refractivity (Wildman–Crippen MR) is 136 cm³/mol. The molecule has 1 saturated heterocycles. The molecule has 174 valence electrons. The number of hydrogen-bond donors (Lipinski definition) is 0. The van der Waals surface area contributed by atoms with Crippen LogP contribution in [0.3, 0.4) is 0 Å². The van der Waals surface area contributed by atoms with E-state index in [2.05, 4.69) is 39.0 Å². The molecule has 1 aliphatic rings. The van der Waals surface area contributed by atoms with Crippen LogP contribution < -0.4 is 9.80 Å². The number of carbonyl (C=O) groups excluding carboxylic acids is 1. The van der Waals surface area contributed by atoms with Crippen molar-refractivity contribution in [2.24, 2.45) is 7.05 Å². The summed E-state index contributed by atoms with van der Waals surface area (Å²) >= 11 is 0. The van der Waals surface area contributed by atoms with Crippen LogP contribution in [-0.2, 0) is 13.5 Å². The van der Waals surface area contributed by atoms with Crippen LogP contribution in [-0.4, -0.2) is 65.1 Å². The molecule has 1 aliphatic heterocycles. The number of aromatic nitrogens is 3. The van der Waals surface area contributed by atoms with Crippen LogP contribution in [0.15, 0.2) is 72.9 Å². The number of likely N-dealkylation sites (N-methyl/N-ethyl adjacent to an activating group) is 1. The molecule has 0 atom stereocenters. The number of anilines is 2. The van der Waals surface area contributed by atoms with Crippen LogP contribution in [0.5, 0.6) is 0 Å². The number of fused-ring (bicyclic) bond motifs is 1. The summed E-state index contributed by atoms with van der Waals surface area (Å²) in [4.78, 5) is 28.8. The standard InChI is InChI=1S/C27H30N6O/c1-30(15-13-21-8-4-3-5-9-21)27-28-14-12-25(29-27)32-16-18-33(19-17-32)26(34)24-20-22-10-6-7-11-23(22)31(24)2/h3-12,14,20H,13,15-19H2,1-2H3. The van der Waals surface area contributed by atoms with E-state index in [1.807, 2.05) is 72.2 Å². The van der Waals surface area contributed by atoms with Crippen LogP contribution in [0.1, 0.15) is 16.1 Å². The van der Waals surface area contributed by atoms with Gasteiger partial charge in [-0.2, -0.15) is 4.98 Å². The van der Waals surface area contributed by atoms with Crippen molar-refractivity contribution in [2.45, 2.75) is 6.42 Å². The predicted octanol–water partition coefficient (Wildman–Crippen LogP) is 3.61. The Morgan fingerprint density at radius 3 is 2.47 bits per heavy atom. The fourth-order valence-corrected chi connectivity index (χ4v) is 4.54. The van der Waals surface area contributed by atoms with E-state index in [0.717, 1.165) is 54.4 Å². The van der Waals surface area contributed by atoms with E-state index in [9.17, 15) is 4.79 Å². The highest BCUT2D eigenvalue weighted by Crippen LogP contribution is 2.21. The lowest BCUT2D eigenvalue weighted by atomic mass is 10.1. The zero-order valence-electron chi connectivity index (χ0n) is 19.8. The van der Waals surface area contributed by atoms with Gasteiger partial charge in [0.25, 0.3) is 5.91 Å². The lowest BCUT2D eigenvalue weighted by Crippen LogP contribution is -2.49. The van der Waals surface area contributed by atoms with Crippen molar-refractivity contribution < 1.29 is 4.79 Å². The molecule has 0 aliphatic carbocycles. The molecule has 4 aromatic rings. The second kappa shape index (κ2) is 9.55. The average Bonchev–Trinajstić information content (AvgIpc) is 3.24. The van der Waals surface area contributed by atoms with E-state index in [-0.39, 0.29) is 5.91 Å². The van der Waals surface area contributed by atoms with Gasteiger partial charge in [-0.1, -0.05) is 48.5 Å². The number of carbonyl (C=O) groups is 1. The van der Waals surface area contributed by atoms with Gasteiger partial charge in [0.2, 0.25) is 5.95 Å². The van der Waals surface area contributed by atoms with Crippen LogP contribution in [0.25, 0.3) is 10.9 Å². The summed E-state index contributed by atoms with van der Waals surface area (Å²) in [6, 6.07) is 22.5. The van der Waals surface area contributed by atoms with Gasteiger partial charge in [0, 0.05) is 63.9 Å². The molecule has 7 nitrogen and oxygen atoms in total. The summed E-state index contributed by atoms with van der Waals surface area (Å²) in [5.41, 5.74) is 3.12. The first-order valence-electron chi connectivity index (χ1n) is 11.8. The molecule has 1 fully saturated rings. The Morgan fingerprint density at radius 2 is 1.71 bits per heavy atom. The molecule has 0 N–H and O–H groups in total. The van der Waals surface area contributed by atoms with E-state index >= 15 is 0 Å². The van der Waals surface area contributed by atoms with E-state index in [1.165, 1.54) is 5.56 Å². The highest BCUT2D eigenvalue weighted by Gasteiger charge is 2.25. The number of rotatable bonds is 6. The van der Waals surface area contributed by atoms with Crippen LogP contribution in [0, 0.1) is 0 Å². The normalized spacial score (nSPS) is 13.9. The maximum absolute atomic E-state index is 13.2. The lowest BCUT2D eigenvalue weighted by molar-refractivity contribution is 0.0737. The van der Waals surface area contributed by atoms with Gasteiger partial charge in [0.15, 0.2) is 0 Å². The smallest absolute Gasteiger partial charge is 0.270 e. The van der Waals surface area contributed by atoms with Gasteiger partial charge >= 0.3 is 0 Å². The minimum atomic E-state index is 0.0855. The number of aryl methyl sites for hydroxylation is 1. The lowest BCUT2D eigenvalue weighted by Gasteiger charge is -2.35. The second-order valence-corrected chi connectivity index (χ2v) is 8.80. The van der Waals surface area contributed by atoms with Gasteiger partial charge in [0.1, 0.15) is 11.5 Å². The number of hydrogen-bond acceptors (Lipinski definition) is 5. The van der Waals surface area contributed by atoms with Crippen molar-refractivity contribution in [1.29, 1.82) is 0 Å².